The van der Waals surface area contributed by atoms with Gasteiger partial charge in [0.2, 0.25) is 0 Å². The van der Waals surface area contributed by atoms with E-state index < -0.39 is 0 Å². The van der Waals surface area contributed by atoms with Gasteiger partial charge in [0.15, 0.2) is 0 Å². The van der Waals surface area contributed by atoms with Crippen molar-refractivity contribution in [2.24, 2.45) is 0 Å². The fourth-order valence-electron chi connectivity index (χ4n) is 2.06. The van der Waals surface area contributed by atoms with Gasteiger partial charge in [-0.3, -0.25) is 0 Å². The molecule has 1 unspecified atom stereocenters. The van der Waals surface area contributed by atoms with Gasteiger partial charge in [-0.1, -0.05) is 6.92 Å². The summed E-state index contributed by atoms with van der Waals surface area (Å²) in [5, 5.41) is 4.18. The van der Waals surface area contributed by atoms with Gasteiger partial charge < -0.3 is 9.88 Å². The Hall–Kier alpha value is -0.480. The lowest BCUT2D eigenvalue weighted by Gasteiger charge is -2.16. The van der Waals surface area contributed by atoms with Gasteiger partial charge >= 0.3 is 0 Å². The topological polar surface area (TPSA) is 29.9 Å². The molecule has 0 aromatic carbocycles. The Kier molecular flexibility index (Phi) is 3.70. The van der Waals surface area contributed by atoms with E-state index in [2.05, 4.69) is 28.0 Å². The van der Waals surface area contributed by atoms with Crippen molar-refractivity contribution < 1.29 is 0 Å². The van der Waals surface area contributed by atoms with Gasteiger partial charge in [0.1, 0.15) is 0 Å². The lowest BCUT2D eigenvalue weighted by molar-refractivity contribution is 0.562. The van der Waals surface area contributed by atoms with Crippen LogP contribution in [0.4, 0.5) is 0 Å². The third-order valence-electron chi connectivity index (χ3n) is 3.02. The minimum absolute atomic E-state index is 0.529. The van der Waals surface area contributed by atoms with Crippen LogP contribution in [0.2, 0.25) is 0 Å². The van der Waals surface area contributed by atoms with Crippen LogP contribution < -0.4 is 5.32 Å². The SMILES string of the molecule is CSC(C)Cn1cncc1[C@@H]1CCCN1. The first-order valence-corrected chi connectivity index (χ1v) is 6.86. The zero-order chi connectivity index (χ0) is 10.7. The summed E-state index contributed by atoms with van der Waals surface area (Å²) in [5.74, 6) is 0. The molecule has 4 heteroatoms. The highest BCUT2D eigenvalue weighted by Crippen LogP contribution is 2.23. The van der Waals surface area contributed by atoms with E-state index in [1.54, 1.807) is 0 Å². The Bertz CT molecular complexity index is 305. The highest BCUT2D eigenvalue weighted by Gasteiger charge is 2.20. The molecule has 1 aromatic rings. The minimum Gasteiger partial charge on any atom is -0.332 e. The van der Waals surface area contributed by atoms with Crippen LogP contribution >= 0.6 is 11.8 Å². The highest BCUT2D eigenvalue weighted by atomic mass is 32.2. The number of thioether (sulfide) groups is 1. The summed E-state index contributed by atoms with van der Waals surface area (Å²) in [6.45, 7) is 4.47. The molecule has 2 heterocycles. The minimum atomic E-state index is 0.529. The van der Waals surface area contributed by atoms with Crippen molar-refractivity contribution in [3.8, 4) is 0 Å². The molecule has 0 spiro atoms. The van der Waals surface area contributed by atoms with Gasteiger partial charge in [-0.25, -0.2) is 4.98 Å². The predicted molar refractivity (Wildman–Crippen MR) is 65.2 cm³/mol. The van der Waals surface area contributed by atoms with Crippen molar-refractivity contribution in [1.82, 2.24) is 14.9 Å². The molecule has 0 bridgehead atoms. The Morgan fingerprint density at radius 1 is 1.73 bits per heavy atom. The first-order chi connectivity index (χ1) is 7.31. The molecule has 15 heavy (non-hydrogen) atoms. The molecule has 1 fully saturated rings. The smallest absolute Gasteiger partial charge is 0.0949 e. The summed E-state index contributed by atoms with van der Waals surface area (Å²) in [4.78, 5) is 4.27. The standard InChI is InChI=1S/C11H19N3S/c1-9(15-2)7-14-8-12-6-11(14)10-4-3-5-13-10/h6,8-10,13H,3-5,7H2,1-2H3/t9?,10-/m0/s1. The van der Waals surface area contributed by atoms with Gasteiger partial charge in [-0.15, -0.1) is 0 Å². The van der Waals surface area contributed by atoms with E-state index in [0.717, 1.165) is 13.1 Å². The van der Waals surface area contributed by atoms with Crippen LogP contribution in [-0.4, -0.2) is 27.6 Å². The quantitative estimate of drug-likeness (QED) is 0.850. The number of nitrogens with zero attached hydrogens (tertiary/aromatic N) is 2. The van der Waals surface area contributed by atoms with Crippen LogP contribution in [0.15, 0.2) is 12.5 Å². The van der Waals surface area contributed by atoms with E-state index in [9.17, 15) is 0 Å². The van der Waals surface area contributed by atoms with Crippen molar-refractivity contribution in [2.45, 2.75) is 37.6 Å². The summed E-state index contributed by atoms with van der Waals surface area (Å²) in [7, 11) is 0. The third-order valence-corrected chi connectivity index (χ3v) is 3.97. The number of nitrogens with one attached hydrogen (secondary N) is 1. The van der Waals surface area contributed by atoms with E-state index in [1.807, 2.05) is 24.3 Å². The molecular weight excluding hydrogens is 206 g/mol. The molecule has 1 aliphatic heterocycles. The van der Waals surface area contributed by atoms with Crippen LogP contribution in [0.25, 0.3) is 0 Å². The van der Waals surface area contributed by atoms with Gasteiger partial charge in [0.05, 0.1) is 12.0 Å². The Morgan fingerprint density at radius 3 is 3.27 bits per heavy atom. The largest absolute Gasteiger partial charge is 0.332 e. The normalized spacial score (nSPS) is 23.2. The number of imidazole rings is 1. The summed E-state index contributed by atoms with van der Waals surface area (Å²) in [6, 6.07) is 0.529. The van der Waals surface area contributed by atoms with E-state index in [1.165, 1.54) is 18.5 Å². The van der Waals surface area contributed by atoms with E-state index in [0.29, 0.717) is 11.3 Å². The fourth-order valence-corrected chi connectivity index (χ4v) is 2.37. The van der Waals surface area contributed by atoms with Gasteiger partial charge in [-0.2, -0.15) is 11.8 Å². The predicted octanol–water partition coefficient (Wildman–Crippen LogP) is 2.06. The summed E-state index contributed by atoms with van der Waals surface area (Å²) in [5.41, 5.74) is 1.36. The van der Waals surface area contributed by atoms with E-state index in [4.69, 9.17) is 0 Å². The van der Waals surface area contributed by atoms with Gasteiger partial charge in [-0.05, 0) is 25.6 Å². The van der Waals surface area contributed by atoms with Crippen LogP contribution in [0, 0.1) is 0 Å². The molecular formula is C11H19N3S. The van der Waals surface area contributed by atoms with Crippen molar-refractivity contribution in [1.29, 1.82) is 0 Å². The number of hydrogen-bond donors (Lipinski definition) is 1. The monoisotopic (exact) mass is 225 g/mol. The number of aromatic nitrogens is 2. The molecule has 2 atom stereocenters. The molecule has 1 saturated heterocycles. The average molecular weight is 225 g/mol. The summed E-state index contributed by atoms with van der Waals surface area (Å²) < 4.78 is 2.30. The van der Waals surface area contributed by atoms with Crippen LogP contribution in [0.3, 0.4) is 0 Å². The lowest BCUT2D eigenvalue weighted by atomic mass is 10.2. The second-order valence-corrected chi connectivity index (χ2v) is 5.44. The van der Waals surface area contributed by atoms with Crippen LogP contribution in [0.1, 0.15) is 31.5 Å². The third kappa shape index (κ3) is 2.55. The second-order valence-electron chi connectivity index (χ2n) is 4.17. The fraction of sp³-hybridized carbons (Fsp3) is 0.727. The number of hydrogen-bond acceptors (Lipinski definition) is 3. The molecule has 0 radical (unpaired) electrons. The molecule has 1 aromatic heterocycles. The Balaban J connectivity index is 2.07. The summed E-state index contributed by atoms with van der Waals surface area (Å²) >= 11 is 1.91. The maximum absolute atomic E-state index is 4.27. The Labute approximate surface area is 95.7 Å². The molecule has 0 amide bonds. The van der Waals surface area contributed by atoms with Crippen molar-refractivity contribution >= 4 is 11.8 Å². The molecule has 1 N–H and O–H groups in total. The van der Waals surface area contributed by atoms with Crippen molar-refractivity contribution in [3.05, 3.63) is 18.2 Å². The molecule has 84 valence electrons. The summed E-state index contributed by atoms with van der Waals surface area (Å²) in [6.07, 6.45) is 8.67. The first-order valence-electron chi connectivity index (χ1n) is 5.57. The molecule has 0 saturated carbocycles. The molecule has 1 aliphatic rings. The van der Waals surface area contributed by atoms with Crippen LogP contribution in [0.5, 0.6) is 0 Å². The molecule has 2 rings (SSSR count). The zero-order valence-electron chi connectivity index (χ0n) is 9.44. The van der Waals surface area contributed by atoms with E-state index in [-0.39, 0.29) is 0 Å². The van der Waals surface area contributed by atoms with Gasteiger partial charge in [0.25, 0.3) is 0 Å². The van der Waals surface area contributed by atoms with Crippen molar-refractivity contribution in [3.63, 3.8) is 0 Å². The molecule has 3 nitrogen and oxygen atoms in total. The maximum Gasteiger partial charge on any atom is 0.0949 e. The average Bonchev–Trinajstić information content (AvgIpc) is 2.86. The maximum atomic E-state index is 4.27. The van der Waals surface area contributed by atoms with Gasteiger partial charge in [0, 0.05) is 24.0 Å². The second kappa shape index (κ2) is 5.03. The zero-order valence-corrected chi connectivity index (χ0v) is 10.3. The molecule has 0 aliphatic carbocycles. The van der Waals surface area contributed by atoms with Crippen LogP contribution in [-0.2, 0) is 6.54 Å². The first kappa shape index (κ1) is 11.0. The van der Waals surface area contributed by atoms with E-state index >= 15 is 0 Å². The Morgan fingerprint density at radius 2 is 2.60 bits per heavy atom. The van der Waals surface area contributed by atoms with Crippen molar-refractivity contribution in [2.75, 3.05) is 12.8 Å². The highest BCUT2D eigenvalue weighted by molar-refractivity contribution is 7.99. The lowest BCUT2D eigenvalue weighted by Crippen LogP contribution is -2.19. The number of rotatable bonds is 4.